The molecule has 2 N–H and O–H groups in total. The maximum absolute atomic E-state index is 13.2. The molecule has 1 aliphatic heterocycles. The molecule has 0 fully saturated rings. The van der Waals surface area contributed by atoms with E-state index in [1.807, 2.05) is 36.4 Å². The fourth-order valence-electron chi connectivity index (χ4n) is 4.38. The number of ether oxygens (including phenoxy) is 2. The van der Waals surface area contributed by atoms with Crippen LogP contribution in [0, 0.1) is 4.91 Å². The van der Waals surface area contributed by atoms with Gasteiger partial charge in [-0.1, -0.05) is 35.5 Å². The molecular weight excluding hydrogens is 464 g/mol. The van der Waals surface area contributed by atoms with Gasteiger partial charge in [0.25, 0.3) is 0 Å². The van der Waals surface area contributed by atoms with Crippen LogP contribution in [0.4, 0.5) is 16.2 Å². The van der Waals surface area contributed by atoms with Crippen LogP contribution in [0.1, 0.15) is 22.9 Å². The predicted molar refractivity (Wildman–Crippen MR) is 135 cm³/mol. The quantitative estimate of drug-likeness (QED) is 0.314. The molecule has 2 aromatic heterocycles. The Morgan fingerprint density at radius 3 is 2.53 bits per heavy atom. The number of methoxy groups -OCH3 is 2. The lowest BCUT2D eigenvalue weighted by molar-refractivity contribution is -0.105. The highest BCUT2D eigenvalue weighted by atomic mass is 16.5. The number of carbonyl (C=O) groups is 2. The van der Waals surface area contributed by atoms with Crippen LogP contribution in [-0.2, 0) is 20.8 Å². The molecule has 1 aliphatic rings. The number of rotatable bonds is 5. The van der Waals surface area contributed by atoms with Gasteiger partial charge in [0.1, 0.15) is 6.54 Å². The smallest absolute Gasteiger partial charge is 0.414 e. The summed E-state index contributed by atoms with van der Waals surface area (Å²) in [6, 6.07) is 14.0. The highest BCUT2D eigenvalue weighted by Crippen LogP contribution is 2.48. The number of aromatic amines is 1. The first-order chi connectivity index (χ1) is 17.6. The van der Waals surface area contributed by atoms with E-state index in [0.29, 0.717) is 40.3 Å². The predicted octanol–water partition coefficient (Wildman–Crippen LogP) is 4.40. The number of fused-ring (bicyclic) bond motifs is 2. The fraction of sp³-hybridized carbons (Fsp3) is 0.200. The number of nitrogens with zero attached hydrogens (tertiary/aromatic N) is 4. The van der Waals surface area contributed by atoms with Gasteiger partial charge >= 0.3 is 6.09 Å². The summed E-state index contributed by atoms with van der Waals surface area (Å²) in [7, 11) is 4.58. The van der Waals surface area contributed by atoms with Crippen molar-refractivity contribution in [1.29, 1.82) is 0 Å². The summed E-state index contributed by atoms with van der Waals surface area (Å²) in [5, 5.41) is 14.9. The van der Waals surface area contributed by atoms with E-state index in [4.69, 9.17) is 4.74 Å². The molecule has 1 unspecified atom stereocenters. The summed E-state index contributed by atoms with van der Waals surface area (Å²) in [5.41, 5.74) is 5.12. The Balaban J connectivity index is 0.000000967. The molecule has 3 heterocycles. The van der Waals surface area contributed by atoms with E-state index in [-0.39, 0.29) is 6.54 Å². The molecule has 2 amide bonds. The van der Waals surface area contributed by atoms with Gasteiger partial charge in [0.2, 0.25) is 6.41 Å². The van der Waals surface area contributed by atoms with Gasteiger partial charge in [0.05, 0.1) is 24.5 Å². The van der Waals surface area contributed by atoms with Gasteiger partial charge in [-0.3, -0.25) is 9.69 Å². The van der Waals surface area contributed by atoms with Crippen molar-refractivity contribution in [3.8, 4) is 11.1 Å². The third kappa shape index (κ3) is 4.27. The van der Waals surface area contributed by atoms with Crippen molar-refractivity contribution in [3.05, 3.63) is 76.5 Å². The van der Waals surface area contributed by atoms with E-state index in [1.165, 1.54) is 7.11 Å². The monoisotopic (exact) mass is 488 g/mol. The number of hydrogen-bond acceptors (Lipinski definition) is 8. The Bertz CT molecular complexity index is 1400. The van der Waals surface area contributed by atoms with Gasteiger partial charge < -0.3 is 19.8 Å². The summed E-state index contributed by atoms with van der Waals surface area (Å²) in [4.78, 5) is 39.9. The summed E-state index contributed by atoms with van der Waals surface area (Å²) < 4.78 is 9.43. The van der Waals surface area contributed by atoms with Crippen molar-refractivity contribution in [1.82, 2.24) is 15.2 Å². The topological polar surface area (TPSA) is 139 Å². The molecule has 2 aromatic carbocycles. The number of amides is 2. The first kappa shape index (κ1) is 24.5. The van der Waals surface area contributed by atoms with Crippen LogP contribution in [0.25, 0.3) is 22.2 Å². The number of hydrogen-bond donors (Lipinski definition) is 2. The zero-order valence-electron chi connectivity index (χ0n) is 19.9. The van der Waals surface area contributed by atoms with Gasteiger partial charge in [-0.15, -0.1) is 5.10 Å². The first-order valence-electron chi connectivity index (χ1n) is 10.9. The Hall–Kier alpha value is -4.64. The van der Waals surface area contributed by atoms with Crippen LogP contribution in [-0.4, -0.2) is 49.0 Å². The summed E-state index contributed by atoms with van der Waals surface area (Å²) >= 11 is 0. The Morgan fingerprint density at radius 1 is 1.14 bits per heavy atom. The summed E-state index contributed by atoms with van der Waals surface area (Å²) in [5.74, 6) is 0. The van der Waals surface area contributed by atoms with E-state index < -0.39 is 12.1 Å². The fourth-order valence-corrected chi connectivity index (χ4v) is 4.38. The molecule has 184 valence electrons. The van der Waals surface area contributed by atoms with E-state index in [2.05, 4.69) is 30.4 Å². The van der Waals surface area contributed by atoms with E-state index in [9.17, 15) is 14.5 Å². The minimum absolute atomic E-state index is 0.161. The van der Waals surface area contributed by atoms with Crippen molar-refractivity contribution in [2.75, 3.05) is 31.5 Å². The summed E-state index contributed by atoms with van der Waals surface area (Å²) in [6.07, 6.45) is 1.83. The van der Waals surface area contributed by atoms with Crippen molar-refractivity contribution >= 4 is 34.9 Å². The Kier molecular flexibility index (Phi) is 7.31. The second-order valence-corrected chi connectivity index (χ2v) is 7.83. The average molecular weight is 489 g/mol. The molecule has 11 heteroatoms. The normalized spacial score (nSPS) is 13.6. The van der Waals surface area contributed by atoms with Gasteiger partial charge in [-0.2, -0.15) is 10.0 Å². The molecule has 0 saturated carbocycles. The van der Waals surface area contributed by atoms with Crippen molar-refractivity contribution < 1.29 is 19.1 Å². The maximum atomic E-state index is 13.2. The molecule has 0 spiro atoms. The molecule has 0 saturated heterocycles. The number of carbonyl (C=O) groups excluding carboxylic acids is 2. The second kappa shape index (κ2) is 10.7. The molecule has 36 heavy (non-hydrogen) atoms. The van der Waals surface area contributed by atoms with Crippen LogP contribution >= 0.6 is 0 Å². The Labute approximate surface area is 206 Å². The number of para-hydroxylation sites is 1. The molecular formula is C25H24N6O5. The molecule has 11 nitrogen and oxygen atoms in total. The molecule has 0 aliphatic carbocycles. The van der Waals surface area contributed by atoms with Crippen LogP contribution < -0.4 is 10.2 Å². The highest BCUT2D eigenvalue weighted by molar-refractivity contribution is 6.06. The SMILES string of the molecule is COC.COC(=O)N1c2ccccc2-c2c(CN=O)nnc3[nH]cc(c23)C1c1ccc(NC=O)cc1. The van der Waals surface area contributed by atoms with Crippen LogP contribution in [0.3, 0.4) is 0 Å². The molecule has 0 radical (unpaired) electrons. The number of benzene rings is 2. The number of nitroso groups, excluding NO2 is 1. The van der Waals surface area contributed by atoms with E-state index in [1.54, 1.807) is 37.4 Å². The molecule has 5 rings (SSSR count). The zero-order valence-corrected chi connectivity index (χ0v) is 19.9. The van der Waals surface area contributed by atoms with E-state index in [0.717, 1.165) is 16.5 Å². The number of aromatic nitrogens is 3. The lowest BCUT2D eigenvalue weighted by Crippen LogP contribution is -2.35. The van der Waals surface area contributed by atoms with Crippen LogP contribution in [0.15, 0.2) is 59.9 Å². The van der Waals surface area contributed by atoms with Crippen molar-refractivity contribution in [3.63, 3.8) is 0 Å². The molecule has 0 bridgehead atoms. The average Bonchev–Trinajstić information content (AvgIpc) is 3.26. The molecule has 1 atom stereocenters. The minimum Gasteiger partial charge on any atom is -0.452 e. The summed E-state index contributed by atoms with van der Waals surface area (Å²) in [6.45, 7) is -0.161. The first-order valence-corrected chi connectivity index (χ1v) is 10.9. The highest BCUT2D eigenvalue weighted by Gasteiger charge is 2.37. The zero-order chi connectivity index (χ0) is 25.7. The Morgan fingerprint density at radius 2 is 1.86 bits per heavy atom. The van der Waals surface area contributed by atoms with Gasteiger partial charge in [-0.05, 0) is 23.8 Å². The lowest BCUT2D eigenvalue weighted by atomic mass is 9.95. The number of H-pyrrole nitrogens is 1. The van der Waals surface area contributed by atoms with Gasteiger partial charge in [-0.25, -0.2) is 4.79 Å². The molecule has 4 aromatic rings. The second-order valence-electron chi connectivity index (χ2n) is 7.83. The third-order valence-electron chi connectivity index (χ3n) is 5.72. The number of anilines is 2. The van der Waals surface area contributed by atoms with E-state index >= 15 is 0 Å². The minimum atomic E-state index is -0.583. The largest absolute Gasteiger partial charge is 0.452 e. The van der Waals surface area contributed by atoms with Crippen molar-refractivity contribution in [2.24, 2.45) is 5.18 Å². The lowest BCUT2D eigenvalue weighted by Gasteiger charge is -2.30. The van der Waals surface area contributed by atoms with Crippen LogP contribution in [0.5, 0.6) is 0 Å². The van der Waals surface area contributed by atoms with Crippen LogP contribution in [0.2, 0.25) is 0 Å². The van der Waals surface area contributed by atoms with Gasteiger partial charge in [0, 0.05) is 48.2 Å². The maximum Gasteiger partial charge on any atom is 0.414 e. The standard InChI is InChI=1S/C23H18N6O4.C2H6O/c1-33-23(31)29-18-5-3-2-4-15(18)19-17(11-26-32)27-28-22-20(19)16(10-24-22)21(29)13-6-8-14(9-7-13)25-12-30;1-3-2/h2-10,12,21H,11H2,1H3,(H,24,28)(H,25,30);1-2H3. The van der Waals surface area contributed by atoms with Crippen molar-refractivity contribution in [2.45, 2.75) is 12.6 Å². The number of nitrogens with one attached hydrogen (secondary N) is 2. The third-order valence-corrected chi connectivity index (χ3v) is 5.72. The van der Waals surface area contributed by atoms with Gasteiger partial charge in [0.15, 0.2) is 5.65 Å².